The van der Waals surface area contributed by atoms with Gasteiger partial charge in [0.1, 0.15) is 0 Å². The quantitative estimate of drug-likeness (QED) is 0.150. The van der Waals surface area contributed by atoms with E-state index in [9.17, 15) is 52.7 Å². The molecule has 0 N–H and O–H groups in total. The molecule has 5 rings (SSSR count). The Morgan fingerprint density at radius 1 is 0.510 bits per heavy atom. The van der Waals surface area contributed by atoms with Gasteiger partial charge in [-0.25, -0.2) is 0 Å². The summed E-state index contributed by atoms with van der Waals surface area (Å²) in [7, 11) is 1.95. The molecule has 0 unspecified atom stereocenters. The van der Waals surface area contributed by atoms with Gasteiger partial charge in [-0.15, -0.1) is 0 Å². The largest absolute Gasteiger partial charge is 0.416 e. The minimum absolute atomic E-state index is 0.0371. The van der Waals surface area contributed by atoms with Gasteiger partial charge in [0.15, 0.2) is 0 Å². The molecule has 1 nitrogen and oxygen atoms in total. The maximum atomic E-state index is 13.9. The van der Waals surface area contributed by atoms with Crippen molar-refractivity contribution in [1.82, 2.24) is 4.90 Å². The van der Waals surface area contributed by atoms with Gasteiger partial charge in [-0.05, 0) is 89.5 Å². The average Bonchev–Trinajstić information content (AvgIpc) is 3.05. The maximum Gasteiger partial charge on any atom is 0.416 e. The van der Waals surface area contributed by atoms with E-state index in [1.807, 2.05) is 18.7 Å². The SMILES string of the molecule is Cc1cc2c(c(-c3cc(C(F)(F)F)cc(C(F)(F)F)c3)c1)SSc1c(cc(C)cc1-c1cc(C(F)(F)F)cc(C(F)(F)F)c1)CN(CC(C)C)C2. The molecule has 51 heavy (non-hydrogen) atoms. The molecule has 0 radical (unpaired) electrons. The molecule has 1 aliphatic heterocycles. The van der Waals surface area contributed by atoms with Crippen LogP contribution < -0.4 is 0 Å². The number of alkyl halides is 12. The van der Waals surface area contributed by atoms with Gasteiger partial charge in [-0.2, -0.15) is 52.7 Å². The Morgan fingerprint density at radius 2 is 0.824 bits per heavy atom. The van der Waals surface area contributed by atoms with E-state index in [-0.39, 0.29) is 53.4 Å². The summed E-state index contributed by atoms with van der Waals surface area (Å²) in [6.07, 6.45) is -20.4. The highest BCUT2D eigenvalue weighted by molar-refractivity contribution is 8.76. The lowest BCUT2D eigenvalue weighted by atomic mass is 9.95. The van der Waals surface area contributed by atoms with E-state index in [1.165, 1.54) is 12.1 Å². The third-order valence-corrected chi connectivity index (χ3v) is 10.7. The lowest BCUT2D eigenvalue weighted by molar-refractivity contribution is -0.144. The summed E-state index contributed by atoms with van der Waals surface area (Å²) < 4.78 is 167. The molecule has 15 heteroatoms. The van der Waals surface area contributed by atoms with Crippen LogP contribution in [-0.4, -0.2) is 11.4 Å². The second-order valence-corrected chi connectivity index (χ2v) is 15.1. The van der Waals surface area contributed by atoms with E-state index in [0.29, 0.717) is 62.9 Å². The van der Waals surface area contributed by atoms with Gasteiger partial charge >= 0.3 is 24.7 Å². The number of benzene rings is 4. The zero-order valence-corrected chi connectivity index (χ0v) is 28.9. The monoisotopic (exact) mass is 767 g/mol. The molecule has 1 aliphatic rings. The van der Waals surface area contributed by atoms with E-state index in [1.54, 1.807) is 26.0 Å². The Hall–Kier alpha value is -3.30. The zero-order valence-electron chi connectivity index (χ0n) is 27.3. The Labute approximate surface area is 293 Å². The van der Waals surface area contributed by atoms with E-state index >= 15 is 0 Å². The molecule has 0 aliphatic carbocycles. The lowest BCUT2D eigenvalue weighted by Gasteiger charge is -2.26. The van der Waals surface area contributed by atoms with Crippen LogP contribution in [0.1, 0.15) is 58.4 Å². The fourth-order valence-electron chi connectivity index (χ4n) is 6.04. The third-order valence-electron chi connectivity index (χ3n) is 8.04. The first-order chi connectivity index (χ1) is 23.4. The molecule has 0 bridgehead atoms. The first-order valence-electron chi connectivity index (χ1n) is 15.3. The van der Waals surface area contributed by atoms with E-state index in [4.69, 9.17) is 0 Å². The number of halogens is 12. The second-order valence-electron chi connectivity index (χ2n) is 12.9. The van der Waals surface area contributed by atoms with E-state index < -0.39 is 47.0 Å². The van der Waals surface area contributed by atoms with Gasteiger partial charge in [-0.3, -0.25) is 4.90 Å². The van der Waals surface area contributed by atoms with Crippen LogP contribution in [0.2, 0.25) is 0 Å². The van der Waals surface area contributed by atoms with Crippen LogP contribution in [0.25, 0.3) is 22.3 Å². The van der Waals surface area contributed by atoms with E-state index in [2.05, 4.69) is 0 Å². The number of fused-ring (bicyclic) bond motifs is 2. The van der Waals surface area contributed by atoms with Gasteiger partial charge in [0.2, 0.25) is 0 Å². The van der Waals surface area contributed by atoms with Crippen molar-refractivity contribution < 1.29 is 52.7 Å². The summed E-state index contributed by atoms with van der Waals surface area (Å²) in [4.78, 5) is 2.61. The van der Waals surface area contributed by atoms with Crippen molar-refractivity contribution in [3.8, 4) is 22.3 Å². The molecule has 274 valence electrons. The van der Waals surface area contributed by atoms with Crippen LogP contribution in [0.4, 0.5) is 52.7 Å². The minimum Gasteiger partial charge on any atom is -0.294 e. The topological polar surface area (TPSA) is 3.24 Å². The van der Waals surface area contributed by atoms with Crippen molar-refractivity contribution in [2.75, 3.05) is 6.54 Å². The second kappa shape index (κ2) is 13.9. The molecular weight excluding hydrogens is 739 g/mol. The molecule has 0 atom stereocenters. The molecule has 0 amide bonds. The van der Waals surface area contributed by atoms with E-state index in [0.717, 1.165) is 21.6 Å². The van der Waals surface area contributed by atoms with Crippen LogP contribution in [0.3, 0.4) is 0 Å². The summed E-state index contributed by atoms with van der Waals surface area (Å²) in [5, 5.41) is 0. The minimum atomic E-state index is -5.10. The molecule has 4 aromatic carbocycles. The van der Waals surface area contributed by atoms with Crippen molar-refractivity contribution in [2.24, 2.45) is 5.92 Å². The third kappa shape index (κ3) is 9.02. The van der Waals surface area contributed by atoms with Crippen LogP contribution >= 0.6 is 21.6 Å². The summed E-state index contributed by atoms with van der Waals surface area (Å²) in [6, 6.07) is 9.08. The van der Waals surface area contributed by atoms with Gasteiger partial charge in [0, 0.05) is 29.4 Å². The van der Waals surface area contributed by atoms with Crippen molar-refractivity contribution in [3.63, 3.8) is 0 Å². The van der Waals surface area contributed by atoms with Gasteiger partial charge in [0.05, 0.1) is 22.3 Å². The molecule has 0 saturated carbocycles. The highest BCUT2D eigenvalue weighted by Crippen LogP contribution is 2.52. The normalized spacial score (nSPS) is 14.9. The predicted molar refractivity (Wildman–Crippen MR) is 174 cm³/mol. The van der Waals surface area contributed by atoms with Crippen molar-refractivity contribution in [2.45, 2.75) is 75.3 Å². The van der Waals surface area contributed by atoms with Gasteiger partial charge < -0.3 is 0 Å². The first kappa shape index (κ1) is 38.9. The molecule has 1 heterocycles. The number of hydrogen-bond acceptors (Lipinski definition) is 3. The average molecular weight is 768 g/mol. The Bertz CT molecular complexity index is 1740. The van der Waals surface area contributed by atoms with Crippen LogP contribution in [0.5, 0.6) is 0 Å². The standard InChI is InChI=1S/C36H29F12NS2/c1-18(2)15-49-16-23-5-19(3)7-29(21-9-25(33(37,38)39)13-26(10-21)34(40,41)42)31(23)50-51-32-24(17-49)6-20(4)8-30(32)22-11-27(35(43,44)45)14-28(12-22)36(46,47)48/h5-14,18H,15-17H2,1-4H3. The molecular formula is C36H29F12NS2. The summed E-state index contributed by atoms with van der Waals surface area (Å²) in [6.45, 7) is 8.04. The highest BCUT2D eigenvalue weighted by Gasteiger charge is 2.39. The first-order valence-corrected chi connectivity index (χ1v) is 17.5. The fraction of sp³-hybridized carbons (Fsp3) is 0.333. The zero-order chi connectivity index (χ0) is 37.8. The van der Waals surface area contributed by atoms with Crippen molar-refractivity contribution in [3.05, 3.63) is 105 Å². The van der Waals surface area contributed by atoms with Gasteiger partial charge in [0.25, 0.3) is 0 Å². The van der Waals surface area contributed by atoms with Crippen molar-refractivity contribution in [1.29, 1.82) is 0 Å². The fourth-order valence-corrected chi connectivity index (χ4v) is 8.89. The Kier molecular flexibility index (Phi) is 10.6. The molecule has 4 aromatic rings. The Morgan fingerprint density at radius 3 is 1.10 bits per heavy atom. The van der Waals surface area contributed by atoms with Crippen LogP contribution in [0, 0.1) is 19.8 Å². The molecule has 0 aromatic heterocycles. The Balaban J connectivity index is 1.78. The smallest absolute Gasteiger partial charge is 0.294 e. The number of aryl methyl sites for hydroxylation is 2. The lowest BCUT2D eigenvalue weighted by Crippen LogP contribution is -2.27. The van der Waals surface area contributed by atoms with Gasteiger partial charge in [-0.1, -0.05) is 70.8 Å². The van der Waals surface area contributed by atoms with Crippen molar-refractivity contribution >= 4 is 21.6 Å². The summed E-state index contributed by atoms with van der Waals surface area (Å²) >= 11 is 0. The molecule has 0 saturated heterocycles. The summed E-state index contributed by atoms with van der Waals surface area (Å²) in [5.74, 6) is 0.0714. The molecule has 0 fully saturated rings. The predicted octanol–water partition coefficient (Wildman–Crippen LogP) is 13.5. The maximum absolute atomic E-state index is 13.9. The number of hydrogen-bond donors (Lipinski definition) is 0. The number of rotatable bonds is 4. The highest BCUT2D eigenvalue weighted by atomic mass is 33.1. The summed E-state index contributed by atoms with van der Waals surface area (Å²) in [5.41, 5.74) is -4.29. The molecule has 0 spiro atoms. The number of nitrogens with zero attached hydrogens (tertiary/aromatic N) is 1. The van der Waals surface area contributed by atoms with Crippen LogP contribution in [-0.2, 0) is 37.8 Å². The van der Waals surface area contributed by atoms with Crippen LogP contribution in [0.15, 0.2) is 70.5 Å².